The van der Waals surface area contributed by atoms with Crippen molar-refractivity contribution in [2.45, 2.75) is 58.2 Å². The second kappa shape index (κ2) is 8.74. The Morgan fingerprint density at radius 3 is 2.80 bits per heavy atom. The minimum atomic E-state index is -0.545. The van der Waals surface area contributed by atoms with Crippen LogP contribution >= 0.6 is 12.2 Å². The second-order valence-electron chi connectivity index (χ2n) is 4.77. The first-order valence-electron chi connectivity index (χ1n) is 6.84. The number of aromatic amines is 1. The average molecular weight is 298 g/mol. The molecule has 6 nitrogen and oxygen atoms in total. The first kappa shape index (κ1) is 16.7. The van der Waals surface area contributed by atoms with Crippen LogP contribution in [0.5, 0.6) is 0 Å². The van der Waals surface area contributed by atoms with E-state index in [4.69, 9.17) is 23.2 Å². The fraction of sp³-hybridized carbons (Fsp3) is 0.692. The molecule has 112 valence electrons. The van der Waals surface area contributed by atoms with E-state index in [9.17, 15) is 4.79 Å². The standard InChI is InChI=1S/C13H22N4O2S/c1-4-6-7-8-11(5-2)16-15-10(3)9-17-12(20)14-13(18)19-17/h2,10-11,15-16H,4,6-9H2,1,3H3,(H,14,18,20). The molecule has 3 N–H and O–H groups in total. The molecule has 7 heteroatoms. The van der Waals surface area contributed by atoms with E-state index in [2.05, 4.69) is 28.7 Å². The van der Waals surface area contributed by atoms with E-state index in [1.807, 2.05) is 6.92 Å². The van der Waals surface area contributed by atoms with Gasteiger partial charge in [-0.05, 0) is 25.6 Å². The minimum absolute atomic E-state index is 0.00444. The summed E-state index contributed by atoms with van der Waals surface area (Å²) in [7, 11) is 0. The molecule has 0 saturated heterocycles. The van der Waals surface area contributed by atoms with Crippen LogP contribution in [0, 0.1) is 17.1 Å². The number of hydrazine groups is 1. The number of rotatable bonds is 9. The molecule has 0 aliphatic heterocycles. The molecule has 0 fully saturated rings. The molecule has 1 aromatic heterocycles. The van der Waals surface area contributed by atoms with Crippen LogP contribution in [0.15, 0.2) is 9.32 Å². The van der Waals surface area contributed by atoms with Crippen molar-refractivity contribution in [1.82, 2.24) is 20.6 Å². The van der Waals surface area contributed by atoms with Gasteiger partial charge in [0.25, 0.3) is 0 Å². The van der Waals surface area contributed by atoms with Crippen molar-refractivity contribution in [3.8, 4) is 12.3 Å². The zero-order chi connectivity index (χ0) is 15.0. The van der Waals surface area contributed by atoms with Crippen LogP contribution in [0.1, 0.15) is 39.5 Å². The maximum absolute atomic E-state index is 11.0. The largest absolute Gasteiger partial charge is 0.438 e. The Morgan fingerprint density at radius 1 is 1.50 bits per heavy atom. The molecule has 0 aliphatic rings. The molecule has 0 amide bonds. The highest BCUT2D eigenvalue weighted by molar-refractivity contribution is 7.71. The molecule has 2 unspecified atom stereocenters. The third-order valence-electron chi connectivity index (χ3n) is 2.87. The van der Waals surface area contributed by atoms with Crippen LogP contribution in [-0.2, 0) is 6.54 Å². The second-order valence-corrected chi connectivity index (χ2v) is 5.16. The summed E-state index contributed by atoms with van der Waals surface area (Å²) in [4.78, 5) is 13.4. The monoisotopic (exact) mass is 298 g/mol. The number of hydrogen-bond acceptors (Lipinski definition) is 5. The van der Waals surface area contributed by atoms with Gasteiger partial charge in [-0.3, -0.25) is 10.4 Å². The predicted molar refractivity (Wildman–Crippen MR) is 80.6 cm³/mol. The fourth-order valence-corrected chi connectivity index (χ4v) is 1.96. The van der Waals surface area contributed by atoms with Gasteiger partial charge in [0.05, 0.1) is 12.6 Å². The molecule has 0 spiro atoms. The lowest BCUT2D eigenvalue weighted by atomic mass is 10.1. The van der Waals surface area contributed by atoms with Crippen molar-refractivity contribution in [3.05, 3.63) is 15.3 Å². The lowest BCUT2D eigenvalue weighted by molar-refractivity contribution is 0.218. The molecule has 0 aliphatic carbocycles. The summed E-state index contributed by atoms with van der Waals surface area (Å²) >= 11 is 4.95. The first-order chi connectivity index (χ1) is 9.56. The van der Waals surface area contributed by atoms with Gasteiger partial charge in [-0.15, -0.1) is 6.42 Å². The molecule has 0 aromatic carbocycles. The summed E-state index contributed by atoms with van der Waals surface area (Å²) in [5.41, 5.74) is 6.22. The van der Waals surface area contributed by atoms with E-state index in [1.54, 1.807) is 0 Å². The van der Waals surface area contributed by atoms with E-state index in [0.29, 0.717) is 6.54 Å². The third kappa shape index (κ3) is 5.74. The van der Waals surface area contributed by atoms with Crippen LogP contribution in [0.2, 0.25) is 0 Å². The highest BCUT2D eigenvalue weighted by Crippen LogP contribution is 2.02. The smallest absolute Gasteiger partial charge is 0.319 e. The molecule has 2 atom stereocenters. The van der Waals surface area contributed by atoms with E-state index in [1.165, 1.54) is 17.6 Å². The van der Waals surface area contributed by atoms with Gasteiger partial charge in [-0.1, -0.05) is 32.1 Å². The zero-order valence-corrected chi connectivity index (χ0v) is 12.8. The molecular weight excluding hydrogens is 276 g/mol. The Balaban J connectivity index is 2.36. The molecule has 0 radical (unpaired) electrons. The van der Waals surface area contributed by atoms with E-state index >= 15 is 0 Å². The van der Waals surface area contributed by atoms with Gasteiger partial charge >= 0.3 is 5.76 Å². The summed E-state index contributed by atoms with van der Waals surface area (Å²) < 4.78 is 6.51. The Morgan fingerprint density at radius 2 is 2.25 bits per heavy atom. The van der Waals surface area contributed by atoms with Gasteiger partial charge in [0.2, 0.25) is 4.77 Å². The molecule has 0 saturated carbocycles. The summed E-state index contributed by atoms with van der Waals surface area (Å²) in [6.07, 6.45) is 9.87. The van der Waals surface area contributed by atoms with E-state index in [-0.39, 0.29) is 16.9 Å². The van der Waals surface area contributed by atoms with Crippen molar-refractivity contribution in [1.29, 1.82) is 0 Å². The highest BCUT2D eigenvalue weighted by Gasteiger charge is 2.09. The van der Waals surface area contributed by atoms with E-state index < -0.39 is 5.76 Å². The molecule has 20 heavy (non-hydrogen) atoms. The number of hydrogen-bond donors (Lipinski definition) is 3. The number of H-pyrrole nitrogens is 1. The Bertz CT molecular complexity index is 540. The van der Waals surface area contributed by atoms with Crippen LogP contribution in [0.25, 0.3) is 0 Å². The quantitative estimate of drug-likeness (QED) is 0.279. The third-order valence-corrected chi connectivity index (χ3v) is 3.18. The van der Waals surface area contributed by atoms with Crippen molar-refractivity contribution >= 4 is 12.2 Å². The highest BCUT2D eigenvalue weighted by atomic mass is 32.1. The Labute approximate surface area is 123 Å². The first-order valence-corrected chi connectivity index (χ1v) is 7.25. The van der Waals surface area contributed by atoms with Crippen LogP contribution in [0.3, 0.4) is 0 Å². The van der Waals surface area contributed by atoms with Gasteiger partial charge in [-0.25, -0.2) is 10.2 Å². The van der Waals surface area contributed by atoms with Crippen LogP contribution in [-0.4, -0.2) is 21.8 Å². The summed E-state index contributed by atoms with van der Waals surface area (Å²) in [6.45, 7) is 4.55. The van der Waals surface area contributed by atoms with E-state index in [0.717, 1.165) is 12.8 Å². The molecule has 1 aromatic rings. The Kier molecular flexibility index (Phi) is 7.30. The summed E-state index contributed by atoms with van der Waals surface area (Å²) in [6, 6.07) is 0.0119. The zero-order valence-electron chi connectivity index (χ0n) is 11.9. The predicted octanol–water partition coefficient (Wildman–Crippen LogP) is 1.56. The topological polar surface area (TPSA) is 75.0 Å². The number of aromatic nitrogens is 2. The van der Waals surface area contributed by atoms with Gasteiger partial charge < -0.3 is 4.52 Å². The summed E-state index contributed by atoms with van der Waals surface area (Å²) in [5.74, 6) is 2.17. The normalized spacial score (nSPS) is 13.8. The number of terminal acetylenes is 1. The Hall–Kier alpha value is -1.36. The number of nitrogens with one attached hydrogen (secondary N) is 3. The SMILES string of the molecule is C#CC(CCCCC)NNC(C)Cn1oc(=O)[nH]c1=S. The van der Waals surface area contributed by atoms with Gasteiger partial charge in [0.15, 0.2) is 0 Å². The van der Waals surface area contributed by atoms with Crippen molar-refractivity contribution in [3.63, 3.8) is 0 Å². The van der Waals surface area contributed by atoms with Crippen LogP contribution in [0.4, 0.5) is 0 Å². The lowest BCUT2D eigenvalue weighted by Crippen LogP contribution is -2.46. The van der Waals surface area contributed by atoms with Gasteiger partial charge in [0.1, 0.15) is 0 Å². The lowest BCUT2D eigenvalue weighted by Gasteiger charge is -2.18. The molecular formula is C13H22N4O2S. The fourth-order valence-electron chi connectivity index (χ4n) is 1.77. The average Bonchev–Trinajstić information content (AvgIpc) is 2.72. The van der Waals surface area contributed by atoms with Crippen LogP contribution < -0.4 is 16.6 Å². The maximum atomic E-state index is 11.0. The van der Waals surface area contributed by atoms with Crippen molar-refractivity contribution in [2.24, 2.45) is 0 Å². The number of nitrogens with zero attached hydrogens (tertiary/aromatic N) is 1. The molecule has 1 heterocycles. The number of unbranched alkanes of at least 4 members (excludes halogenated alkanes) is 2. The minimum Gasteiger partial charge on any atom is -0.319 e. The summed E-state index contributed by atoms with van der Waals surface area (Å²) in [5, 5.41) is 0. The van der Waals surface area contributed by atoms with Gasteiger partial charge in [0, 0.05) is 6.04 Å². The molecule has 0 bridgehead atoms. The molecule has 1 rings (SSSR count). The maximum Gasteiger partial charge on any atom is 0.438 e. The van der Waals surface area contributed by atoms with Gasteiger partial charge in [-0.2, -0.15) is 4.74 Å². The van der Waals surface area contributed by atoms with Crippen molar-refractivity contribution in [2.75, 3.05) is 0 Å². The van der Waals surface area contributed by atoms with Crippen molar-refractivity contribution < 1.29 is 4.52 Å².